The number of nitrogens with zero attached hydrogens (tertiary/aromatic N) is 1. The van der Waals surface area contributed by atoms with Crippen molar-refractivity contribution in [3.8, 4) is 5.75 Å². The van der Waals surface area contributed by atoms with Gasteiger partial charge in [0.15, 0.2) is 0 Å². The van der Waals surface area contributed by atoms with Gasteiger partial charge in [-0.3, -0.25) is 0 Å². The average molecular weight is 272 g/mol. The van der Waals surface area contributed by atoms with Crippen LogP contribution in [-0.2, 0) is 13.1 Å². The molecule has 1 N–H and O–H groups in total. The third-order valence-electron chi connectivity index (χ3n) is 3.29. The Hall–Kier alpha value is -1.90. The number of aromatic nitrogens is 1. The normalized spacial score (nSPS) is 10.6. The molecule has 2 aromatic rings. The van der Waals surface area contributed by atoms with Crippen LogP contribution in [0.4, 0.5) is 5.69 Å². The average Bonchev–Trinajstić information content (AvgIpc) is 2.86. The van der Waals surface area contributed by atoms with Gasteiger partial charge < -0.3 is 14.6 Å². The first-order valence-corrected chi connectivity index (χ1v) is 7.35. The van der Waals surface area contributed by atoms with Crippen LogP contribution in [0.5, 0.6) is 5.75 Å². The Morgan fingerprint density at radius 3 is 2.75 bits per heavy atom. The molecule has 0 saturated heterocycles. The lowest BCUT2D eigenvalue weighted by atomic mass is 10.2. The molecule has 0 spiro atoms. The highest BCUT2D eigenvalue weighted by Gasteiger charge is 2.02. The molecule has 0 aliphatic heterocycles. The van der Waals surface area contributed by atoms with E-state index in [1.807, 2.05) is 13.0 Å². The molecule has 2 rings (SSSR count). The molecule has 0 amide bonds. The van der Waals surface area contributed by atoms with Crippen LogP contribution < -0.4 is 10.1 Å². The topological polar surface area (TPSA) is 26.2 Å². The molecule has 108 valence electrons. The summed E-state index contributed by atoms with van der Waals surface area (Å²) in [6.07, 6.45) is 5.52. The van der Waals surface area contributed by atoms with Gasteiger partial charge in [0.2, 0.25) is 0 Å². The molecule has 1 aromatic carbocycles. The molecular weight excluding hydrogens is 248 g/mol. The predicted molar refractivity (Wildman–Crippen MR) is 84.4 cm³/mol. The number of hydrogen-bond donors (Lipinski definition) is 1. The highest BCUT2D eigenvalue weighted by Crippen LogP contribution is 2.22. The van der Waals surface area contributed by atoms with E-state index in [0.717, 1.165) is 24.5 Å². The Balaban J connectivity index is 1.95. The van der Waals surface area contributed by atoms with Gasteiger partial charge in [-0.2, -0.15) is 0 Å². The minimum absolute atomic E-state index is 0.706. The quantitative estimate of drug-likeness (QED) is 0.817. The Morgan fingerprint density at radius 1 is 1.20 bits per heavy atom. The van der Waals surface area contributed by atoms with Gasteiger partial charge in [0, 0.05) is 31.2 Å². The molecule has 0 saturated carbocycles. The third-order valence-corrected chi connectivity index (χ3v) is 3.29. The number of hydrogen-bond acceptors (Lipinski definition) is 2. The minimum Gasteiger partial charge on any atom is -0.494 e. The van der Waals surface area contributed by atoms with E-state index in [2.05, 4.69) is 54.3 Å². The summed E-state index contributed by atoms with van der Waals surface area (Å²) in [5.41, 5.74) is 3.69. The summed E-state index contributed by atoms with van der Waals surface area (Å²) in [7, 11) is 0. The molecule has 0 fully saturated rings. The van der Waals surface area contributed by atoms with Crippen molar-refractivity contribution < 1.29 is 4.74 Å². The third kappa shape index (κ3) is 3.80. The van der Waals surface area contributed by atoms with Crippen molar-refractivity contribution in [1.29, 1.82) is 0 Å². The standard InChI is InChI=1S/C17H24N2O/c1-4-9-19-10-8-15(13-19)12-18-17-7-6-16(20-5-2)11-14(17)3/h6-8,10-11,13,18H,4-5,9,12H2,1-3H3. The fourth-order valence-electron chi connectivity index (χ4n) is 2.28. The number of benzene rings is 1. The van der Waals surface area contributed by atoms with Crippen LogP contribution in [0.15, 0.2) is 36.7 Å². The van der Waals surface area contributed by atoms with E-state index in [1.165, 1.54) is 17.5 Å². The molecule has 0 bridgehead atoms. The van der Waals surface area contributed by atoms with E-state index in [0.29, 0.717) is 6.61 Å². The van der Waals surface area contributed by atoms with Crippen LogP contribution in [-0.4, -0.2) is 11.2 Å². The Labute approximate surface area is 121 Å². The molecule has 1 aromatic heterocycles. The summed E-state index contributed by atoms with van der Waals surface area (Å²) in [5.74, 6) is 0.935. The number of rotatable bonds is 7. The van der Waals surface area contributed by atoms with Crippen molar-refractivity contribution in [2.24, 2.45) is 0 Å². The number of aryl methyl sites for hydroxylation is 2. The molecule has 20 heavy (non-hydrogen) atoms. The van der Waals surface area contributed by atoms with Gasteiger partial charge in [0.25, 0.3) is 0 Å². The van der Waals surface area contributed by atoms with Gasteiger partial charge >= 0.3 is 0 Å². The van der Waals surface area contributed by atoms with Crippen molar-refractivity contribution in [1.82, 2.24) is 4.57 Å². The van der Waals surface area contributed by atoms with Gasteiger partial charge in [0.05, 0.1) is 6.61 Å². The van der Waals surface area contributed by atoms with Crippen molar-refractivity contribution in [3.05, 3.63) is 47.8 Å². The van der Waals surface area contributed by atoms with Gasteiger partial charge in [-0.25, -0.2) is 0 Å². The highest BCUT2D eigenvalue weighted by molar-refractivity contribution is 5.53. The fraction of sp³-hybridized carbons (Fsp3) is 0.412. The summed E-state index contributed by atoms with van der Waals surface area (Å²) in [4.78, 5) is 0. The number of nitrogens with one attached hydrogen (secondary N) is 1. The van der Waals surface area contributed by atoms with Gasteiger partial charge in [0.1, 0.15) is 5.75 Å². The summed E-state index contributed by atoms with van der Waals surface area (Å²) in [6.45, 7) is 8.95. The second kappa shape index (κ2) is 7.04. The van der Waals surface area contributed by atoms with Crippen LogP contribution in [0.2, 0.25) is 0 Å². The second-order valence-electron chi connectivity index (χ2n) is 5.02. The van der Waals surface area contributed by atoms with Crippen molar-refractivity contribution in [3.63, 3.8) is 0 Å². The summed E-state index contributed by atoms with van der Waals surface area (Å²) < 4.78 is 7.74. The fourth-order valence-corrected chi connectivity index (χ4v) is 2.28. The van der Waals surface area contributed by atoms with Crippen LogP contribution in [0.1, 0.15) is 31.4 Å². The number of anilines is 1. The number of ether oxygens (including phenoxy) is 1. The minimum atomic E-state index is 0.706. The molecular formula is C17H24N2O. The maximum absolute atomic E-state index is 5.50. The lowest BCUT2D eigenvalue weighted by Crippen LogP contribution is -2.01. The van der Waals surface area contributed by atoms with Crippen molar-refractivity contribution in [2.45, 2.75) is 40.3 Å². The Bertz CT molecular complexity index is 546. The maximum Gasteiger partial charge on any atom is 0.119 e. The van der Waals surface area contributed by atoms with Crippen LogP contribution in [0, 0.1) is 6.92 Å². The maximum atomic E-state index is 5.50. The van der Waals surface area contributed by atoms with E-state index in [4.69, 9.17) is 4.74 Å². The van der Waals surface area contributed by atoms with Crippen molar-refractivity contribution >= 4 is 5.69 Å². The smallest absolute Gasteiger partial charge is 0.119 e. The highest BCUT2D eigenvalue weighted by atomic mass is 16.5. The molecule has 0 atom stereocenters. The lowest BCUT2D eigenvalue weighted by molar-refractivity contribution is 0.340. The molecule has 3 heteroatoms. The molecule has 0 radical (unpaired) electrons. The first-order valence-electron chi connectivity index (χ1n) is 7.35. The molecule has 0 aliphatic carbocycles. The van der Waals surface area contributed by atoms with E-state index in [1.54, 1.807) is 0 Å². The van der Waals surface area contributed by atoms with Crippen LogP contribution >= 0.6 is 0 Å². The van der Waals surface area contributed by atoms with Crippen LogP contribution in [0.3, 0.4) is 0 Å². The zero-order valence-electron chi connectivity index (χ0n) is 12.6. The second-order valence-corrected chi connectivity index (χ2v) is 5.02. The Morgan fingerprint density at radius 2 is 2.05 bits per heavy atom. The summed E-state index contributed by atoms with van der Waals surface area (Å²) in [5, 5.41) is 3.49. The summed E-state index contributed by atoms with van der Waals surface area (Å²) >= 11 is 0. The molecule has 0 aliphatic rings. The lowest BCUT2D eigenvalue weighted by Gasteiger charge is -2.11. The predicted octanol–water partition coefficient (Wildman–Crippen LogP) is 4.22. The van der Waals surface area contributed by atoms with E-state index in [-0.39, 0.29) is 0 Å². The molecule has 1 heterocycles. The largest absolute Gasteiger partial charge is 0.494 e. The van der Waals surface area contributed by atoms with Gasteiger partial charge in [-0.1, -0.05) is 6.92 Å². The Kier molecular flexibility index (Phi) is 5.10. The zero-order chi connectivity index (χ0) is 14.4. The monoisotopic (exact) mass is 272 g/mol. The van der Waals surface area contributed by atoms with Crippen molar-refractivity contribution in [2.75, 3.05) is 11.9 Å². The van der Waals surface area contributed by atoms with E-state index in [9.17, 15) is 0 Å². The van der Waals surface area contributed by atoms with Gasteiger partial charge in [-0.05, 0) is 55.7 Å². The van der Waals surface area contributed by atoms with E-state index >= 15 is 0 Å². The first kappa shape index (κ1) is 14.5. The molecule has 0 unspecified atom stereocenters. The van der Waals surface area contributed by atoms with Gasteiger partial charge in [-0.15, -0.1) is 0 Å². The first-order chi connectivity index (χ1) is 9.72. The molecule has 3 nitrogen and oxygen atoms in total. The zero-order valence-corrected chi connectivity index (χ0v) is 12.6. The summed E-state index contributed by atoms with van der Waals surface area (Å²) in [6, 6.07) is 8.35. The SMILES string of the molecule is CCCn1ccc(CNc2ccc(OCC)cc2C)c1. The van der Waals surface area contributed by atoms with E-state index < -0.39 is 0 Å². The van der Waals surface area contributed by atoms with Crippen LogP contribution in [0.25, 0.3) is 0 Å².